The van der Waals surface area contributed by atoms with Gasteiger partial charge in [0, 0.05) is 25.7 Å². The maximum Gasteiger partial charge on any atom is 0.302 e. The molecule has 0 N–H and O–H groups in total. The number of methoxy groups -OCH3 is 1. The topological polar surface area (TPSA) is 29.5 Å². The molecule has 1 aliphatic rings. The van der Waals surface area contributed by atoms with Gasteiger partial charge in [0.15, 0.2) is 0 Å². The highest BCUT2D eigenvalue weighted by atomic mass is 16.5. The van der Waals surface area contributed by atoms with Crippen molar-refractivity contribution in [2.24, 2.45) is 0 Å². The van der Waals surface area contributed by atoms with Gasteiger partial charge in [0.2, 0.25) is 0 Å². The van der Waals surface area contributed by atoms with Crippen molar-refractivity contribution >= 4 is 11.7 Å². The molecule has 1 aromatic carbocycles. The smallest absolute Gasteiger partial charge is 0.302 e. The number of para-hydroxylation sites is 1. The number of piperidine rings is 1. The minimum Gasteiger partial charge on any atom is -0.469 e. The van der Waals surface area contributed by atoms with E-state index >= 15 is 0 Å². The third-order valence-electron chi connectivity index (χ3n) is 2.76. The van der Waals surface area contributed by atoms with Crippen LogP contribution in [-0.2, 0) is 9.53 Å². The van der Waals surface area contributed by atoms with Crippen LogP contribution in [0.5, 0.6) is 0 Å². The van der Waals surface area contributed by atoms with Crippen molar-refractivity contribution in [3.63, 3.8) is 0 Å². The Kier molecular flexibility index (Phi) is 6.15. The minimum atomic E-state index is -0.245. The summed E-state index contributed by atoms with van der Waals surface area (Å²) >= 11 is 0. The average molecular weight is 235 g/mol. The summed E-state index contributed by atoms with van der Waals surface area (Å²) in [5.41, 5.74) is 1.39. The maximum absolute atomic E-state index is 9.59. The normalized spacial score (nSPS) is 14.6. The minimum absolute atomic E-state index is 0.245. The molecule has 0 spiro atoms. The van der Waals surface area contributed by atoms with Gasteiger partial charge >= 0.3 is 5.97 Å². The van der Waals surface area contributed by atoms with Gasteiger partial charge in [0.05, 0.1) is 7.11 Å². The number of anilines is 1. The first kappa shape index (κ1) is 13.6. The number of esters is 1. The lowest BCUT2D eigenvalue weighted by molar-refractivity contribution is -0.137. The largest absolute Gasteiger partial charge is 0.469 e. The van der Waals surface area contributed by atoms with Gasteiger partial charge in [-0.05, 0) is 31.4 Å². The molecule has 0 radical (unpaired) electrons. The first-order chi connectivity index (χ1) is 8.24. The molecule has 3 heteroatoms. The molecule has 0 aromatic heterocycles. The molecule has 1 aromatic rings. The Hall–Kier alpha value is -1.51. The van der Waals surface area contributed by atoms with E-state index in [2.05, 4.69) is 40.0 Å². The fraction of sp³-hybridized carbons (Fsp3) is 0.500. The van der Waals surface area contributed by atoms with E-state index in [1.165, 1.54) is 52.1 Å². The zero-order valence-corrected chi connectivity index (χ0v) is 10.7. The number of hydrogen-bond donors (Lipinski definition) is 0. The van der Waals surface area contributed by atoms with Crippen LogP contribution in [0.2, 0.25) is 0 Å². The maximum atomic E-state index is 9.59. The van der Waals surface area contributed by atoms with Crippen LogP contribution in [0.3, 0.4) is 0 Å². The van der Waals surface area contributed by atoms with E-state index in [4.69, 9.17) is 0 Å². The summed E-state index contributed by atoms with van der Waals surface area (Å²) in [5, 5.41) is 0. The Balaban J connectivity index is 0.000000249. The molecule has 0 amide bonds. The second-order valence-electron chi connectivity index (χ2n) is 4.08. The van der Waals surface area contributed by atoms with Crippen molar-refractivity contribution in [2.45, 2.75) is 26.2 Å². The van der Waals surface area contributed by atoms with Crippen LogP contribution >= 0.6 is 0 Å². The molecule has 1 aliphatic heterocycles. The number of rotatable bonds is 1. The number of hydrogen-bond acceptors (Lipinski definition) is 3. The quantitative estimate of drug-likeness (QED) is 0.701. The van der Waals surface area contributed by atoms with Gasteiger partial charge in [-0.25, -0.2) is 0 Å². The first-order valence-corrected chi connectivity index (χ1v) is 6.08. The summed E-state index contributed by atoms with van der Waals surface area (Å²) in [6.45, 7) is 3.84. The fourth-order valence-corrected chi connectivity index (χ4v) is 1.79. The van der Waals surface area contributed by atoms with Crippen molar-refractivity contribution in [3.05, 3.63) is 30.3 Å². The average Bonchev–Trinajstić information content (AvgIpc) is 2.41. The van der Waals surface area contributed by atoms with E-state index in [0.29, 0.717) is 0 Å². The molecule has 1 fully saturated rings. The molecule has 17 heavy (non-hydrogen) atoms. The standard InChI is InChI=1S/C11H15N.C3H6O2/c1-3-7-11(8-4-1)12-9-5-2-6-10-12;1-3(4)5-2/h1,3-4,7-8H,2,5-6,9-10H2;1-2H3. The van der Waals surface area contributed by atoms with Gasteiger partial charge in [-0.1, -0.05) is 18.2 Å². The number of benzene rings is 1. The Morgan fingerprint density at radius 3 is 2.12 bits per heavy atom. The third kappa shape index (κ3) is 5.38. The summed E-state index contributed by atoms with van der Waals surface area (Å²) in [5.74, 6) is -0.245. The van der Waals surface area contributed by atoms with Gasteiger partial charge in [-0.2, -0.15) is 0 Å². The van der Waals surface area contributed by atoms with E-state index in [-0.39, 0.29) is 5.97 Å². The van der Waals surface area contributed by atoms with Crippen molar-refractivity contribution in [2.75, 3.05) is 25.1 Å². The summed E-state index contributed by atoms with van der Waals surface area (Å²) in [6, 6.07) is 10.7. The molecular weight excluding hydrogens is 214 g/mol. The van der Waals surface area contributed by atoms with Gasteiger partial charge in [-0.15, -0.1) is 0 Å². The lowest BCUT2D eigenvalue weighted by Gasteiger charge is -2.28. The second-order valence-corrected chi connectivity index (χ2v) is 4.08. The molecule has 94 valence electrons. The molecule has 1 heterocycles. The number of nitrogens with zero attached hydrogens (tertiary/aromatic N) is 1. The van der Waals surface area contributed by atoms with Crippen LogP contribution in [0.1, 0.15) is 26.2 Å². The van der Waals surface area contributed by atoms with Crippen LogP contribution in [0.25, 0.3) is 0 Å². The summed E-state index contributed by atoms with van der Waals surface area (Å²) in [6.07, 6.45) is 4.12. The van der Waals surface area contributed by atoms with E-state index in [1.807, 2.05) is 0 Å². The molecule has 0 saturated carbocycles. The Bertz CT molecular complexity index is 318. The highest BCUT2D eigenvalue weighted by molar-refractivity contribution is 5.65. The molecule has 0 atom stereocenters. The Morgan fingerprint density at radius 1 is 1.12 bits per heavy atom. The Labute approximate surface area is 103 Å². The SMILES string of the molecule is COC(C)=O.c1ccc(N2CCCCC2)cc1. The molecule has 3 nitrogen and oxygen atoms in total. The second kappa shape index (κ2) is 7.71. The van der Waals surface area contributed by atoms with Crippen LogP contribution < -0.4 is 4.90 Å². The summed E-state index contributed by atoms with van der Waals surface area (Å²) in [7, 11) is 1.35. The van der Waals surface area contributed by atoms with Gasteiger partial charge in [0.1, 0.15) is 0 Å². The summed E-state index contributed by atoms with van der Waals surface area (Å²) < 4.78 is 4.11. The highest BCUT2D eigenvalue weighted by Crippen LogP contribution is 2.18. The molecule has 0 bridgehead atoms. The molecule has 2 rings (SSSR count). The zero-order valence-electron chi connectivity index (χ0n) is 10.7. The molecular formula is C14H21NO2. The third-order valence-corrected chi connectivity index (χ3v) is 2.76. The van der Waals surface area contributed by atoms with E-state index < -0.39 is 0 Å². The van der Waals surface area contributed by atoms with Crippen molar-refractivity contribution in [1.29, 1.82) is 0 Å². The van der Waals surface area contributed by atoms with Crippen molar-refractivity contribution in [1.82, 2.24) is 0 Å². The predicted octanol–water partition coefficient (Wildman–Crippen LogP) is 2.86. The van der Waals surface area contributed by atoms with Gasteiger partial charge in [0.25, 0.3) is 0 Å². The van der Waals surface area contributed by atoms with E-state index in [0.717, 1.165) is 0 Å². The zero-order chi connectivity index (χ0) is 12.5. The predicted molar refractivity (Wildman–Crippen MR) is 70.2 cm³/mol. The van der Waals surface area contributed by atoms with E-state index in [1.54, 1.807) is 0 Å². The van der Waals surface area contributed by atoms with Crippen LogP contribution in [0, 0.1) is 0 Å². The van der Waals surface area contributed by atoms with Crippen LogP contribution in [-0.4, -0.2) is 26.2 Å². The van der Waals surface area contributed by atoms with Crippen molar-refractivity contribution < 1.29 is 9.53 Å². The molecule has 0 unspecified atom stereocenters. The van der Waals surface area contributed by atoms with Crippen LogP contribution in [0.4, 0.5) is 5.69 Å². The lowest BCUT2D eigenvalue weighted by Crippen LogP contribution is -2.29. The highest BCUT2D eigenvalue weighted by Gasteiger charge is 2.09. The van der Waals surface area contributed by atoms with Crippen molar-refractivity contribution in [3.8, 4) is 0 Å². The summed E-state index contributed by atoms with van der Waals surface area (Å²) in [4.78, 5) is 12.1. The molecule has 0 aliphatic carbocycles. The monoisotopic (exact) mass is 235 g/mol. The van der Waals surface area contributed by atoms with Gasteiger partial charge < -0.3 is 9.64 Å². The van der Waals surface area contributed by atoms with E-state index in [9.17, 15) is 4.79 Å². The van der Waals surface area contributed by atoms with Crippen LogP contribution in [0.15, 0.2) is 30.3 Å². The van der Waals surface area contributed by atoms with Gasteiger partial charge in [-0.3, -0.25) is 4.79 Å². The fourth-order valence-electron chi connectivity index (χ4n) is 1.79. The Morgan fingerprint density at radius 2 is 1.65 bits per heavy atom. The number of carbonyl (C=O) groups excluding carboxylic acids is 1. The first-order valence-electron chi connectivity index (χ1n) is 6.08. The number of ether oxygens (including phenoxy) is 1. The number of carbonyl (C=O) groups is 1. The lowest BCUT2D eigenvalue weighted by atomic mass is 10.1. The molecule has 1 saturated heterocycles.